The van der Waals surface area contributed by atoms with Crippen LogP contribution >= 0.6 is 17.0 Å². The maximum absolute atomic E-state index is 4.93. The fraction of sp³-hybridized carbons (Fsp3) is 0.300. The first-order valence-electron chi connectivity index (χ1n) is 22.7. The maximum atomic E-state index is 4.93. The molecular formula is C60H65Cl2SiZr-3. The van der Waals surface area contributed by atoms with E-state index in [1.165, 1.54) is 110 Å². The molecular weight excluding hydrogens is 911 g/mol. The Morgan fingerprint density at radius 2 is 0.938 bits per heavy atom. The number of rotatable bonds is 4. The van der Waals surface area contributed by atoms with Gasteiger partial charge in [0.05, 0.1) is 9.52 Å². The summed E-state index contributed by atoms with van der Waals surface area (Å²) < 4.78 is 0. The van der Waals surface area contributed by atoms with Crippen LogP contribution in [-0.2, 0) is 31.7 Å². The summed E-state index contributed by atoms with van der Waals surface area (Å²) in [5.41, 5.74) is 19.6. The van der Waals surface area contributed by atoms with Crippen molar-refractivity contribution in [2.75, 3.05) is 0 Å². The first kappa shape index (κ1) is 49.6. The summed E-state index contributed by atoms with van der Waals surface area (Å²) in [5.74, 6) is 1.12. The van der Waals surface area contributed by atoms with Gasteiger partial charge in [-0.3, -0.25) is 0 Å². The molecule has 8 aromatic carbocycles. The second-order valence-corrected chi connectivity index (χ2v) is 25.3. The first-order valence-corrected chi connectivity index (χ1v) is 30.0. The van der Waals surface area contributed by atoms with E-state index in [4.69, 9.17) is 17.0 Å². The molecule has 0 nitrogen and oxygen atoms in total. The van der Waals surface area contributed by atoms with E-state index in [1.54, 1.807) is 0 Å². The van der Waals surface area contributed by atoms with Crippen LogP contribution in [0.1, 0.15) is 126 Å². The van der Waals surface area contributed by atoms with Gasteiger partial charge in [0, 0.05) is 0 Å². The van der Waals surface area contributed by atoms with Gasteiger partial charge in [-0.05, 0) is 61.5 Å². The van der Waals surface area contributed by atoms with Crippen molar-refractivity contribution in [2.45, 2.75) is 120 Å². The molecule has 0 aromatic heterocycles. The van der Waals surface area contributed by atoms with Gasteiger partial charge in [0.2, 0.25) is 0 Å². The first-order chi connectivity index (χ1) is 30.2. The molecule has 64 heavy (non-hydrogen) atoms. The predicted octanol–water partition coefficient (Wildman–Crippen LogP) is 17.0. The maximum Gasteiger partial charge on any atom is 0.0920 e. The summed E-state index contributed by atoms with van der Waals surface area (Å²) in [6, 6.07) is 50.8. The zero-order chi connectivity index (χ0) is 46.7. The van der Waals surface area contributed by atoms with Gasteiger partial charge in [0.15, 0.2) is 0 Å². The van der Waals surface area contributed by atoms with Crippen LogP contribution in [0.25, 0.3) is 54.9 Å². The fourth-order valence-electron chi connectivity index (χ4n) is 9.11. The molecule has 1 aliphatic rings. The zero-order valence-electron chi connectivity index (χ0n) is 40.5. The van der Waals surface area contributed by atoms with E-state index >= 15 is 0 Å². The van der Waals surface area contributed by atoms with E-state index < -0.39 is 20.8 Å². The minimum Gasteiger partial charge on any atom is -0.184 e. The third-order valence-electron chi connectivity index (χ3n) is 12.1. The molecule has 0 fully saturated rings. The smallest absolute Gasteiger partial charge is 0.0920 e. The molecule has 1 heterocycles. The number of hydrogen-bond acceptors (Lipinski definition) is 0. The van der Waals surface area contributed by atoms with Gasteiger partial charge in [-0.25, -0.2) is 0 Å². The van der Waals surface area contributed by atoms with Crippen LogP contribution in [0.5, 0.6) is 0 Å². The average molecular weight is 976 g/mol. The van der Waals surface area contributed by atoms with Crippen molar-refractivity contribution in [3.8, 4) is 33.4 Å². The van der Waals surface area contributed by atoms with Crippen LogP contribution in [0.4, 0.5) is 0 Å². The van der Waals surface area contributed by atoms with Gasteiger partial charge in [0.1, 0.15) is 0 Å². The third kappa shape index (κ3) is 11.6. The van der Waals surface area contributed by atoms with E-state index in [2.05, 4.69) is 224 Å². The summed E-state index contributed by atoms with van der Waals surface area (Å²) >= 11 is -0.826. The Balaban J connectivity index is 0.000000160. The predicted molar refractivity (Wildman–Crippen MR) is 282 cm³/mol. The van der Waals surface area contributed by atoms with Gasteiger partial charge in [-0.1, -0.05) is 185 Å². The molecule has 0 atom stereocenters. The van der Waals surface area contributed by atoms with E-state index in [9.17, 15) is 0 Å². The van der Waals surface area contributed by atoms with Crippen molar-refractivity contribution in [2.24, 2.45) is 0 Å². The topological polar surface area (TPSA) is 0 Å². The van der Waals surface area contributed by atoms with Crippen molar-refractivity contribution in [3.63, 3.8) is 0 Å². The number of halogens is 2. The Kier molecular flexibility index (Phi) is 16.1. The molecule has 1 aliphatic heterocycles. The number of fused-ring (bicyclic) bond motifs is 5. The monoisotopic (exact) mass is 973 g/mol. The van der Waals surface area contributed by atoms with Gasteiger partial charge in [-0.2, -0.15) is 41.6 Å². The number of benzene rings is 6. The molecule has 0 saturated carbocycles. The molecule has 4 heteroatoms. The van der Waals surface area contributed by atoms with Crippen molar-refractivity contribution >= 4 is 58.5 Å². The van der Waals surface area contributed by atoms with Crippen LogP contribution < -0.4 is 10.4 Å². The third-order valence-corrected chi connectivity index (χ3v) is 13.5. The Morgan fingerprint density at radius 1 is 0.531 bits per heavy atom. The Morgan fingerprint density at radius 3 is 1.34 bits per heavy atom. The standard InChI is InChI=1S/2C24H29.C12H7Si.2ClH.Zr/c2*1-15(2)19-13-18-8-9-22(24(5,6)7)23(21(18)14-19)20-11-16(3)10-17(4)12-20;1-3-7-11-9(5-1)10-6-2-4-8-12(10)13-11;;;/h2*8-15H,1-7H3;1-7H;2*1H;/q3*-1;;;+2/p-2. The number of aryl methyl sites for hydroxylation is 4. The molecule has 0 aliphatic carbocycles. The van der Waals surface area contributed by atoms with Crippen molar-refractivity contribution in [1.29, 1.82) is 0 Å². The minimum atomic E-state index is -0.826. The van der Waals surface area contributed by atoms with E-state index in [0.29, 0.717) is 11.8 Å². The Hall–Kier alpha value is -3.78. The Bertz CT molecular complexity index is 2640. The summed E-state index contributed by atoms with van der Waals surface area (Å²) in [6.07, 6.45) is 0. The zero-order valence-corrected chi connectivity index (χ0v) is 45.5. The van der Waals surface area contributed by atoms with Crippen LogP contribution in [0.2, 0.25) is 0 Å². The van der Waals surface area contributed by atoms with Crippen LogP contribution in [0.15, 0.2) is 127 Å². The summed E-state index contributed by atoms with van der Waals surface area (Å²) in [6.45, 7) is 31.7. The molecule has 0 N–H and O–H groups in total. The van der Waals surface area contributed by atoms with Crippen molar-refractivity contribution < 1.29 is 20.8 Å². The SMILES string of the molecule is Cc1cc(C)cc(-c2c(C(C)(C)C)ccc3[cH-]c(C(C)C)cc23)c1.Cc1cc(C)cc(-c2c(C(C)(C)C)ccc3[cH-]c(C(C)C)cc23)c1.[Cl][Zr][Cl].[c-]1cccc2c1[Si]c1ccccc1-2. The molecule has 8 aromatic rings. The molecule has 0 spiro atoms. The Labute approximate surface area is 407 Å². The molecule has 9 rings (SSSR count). The number of hydrogen-bond donors (Lipinski definition) is 0. The molecule has 0 bridgehead atoms. The summed E-state index contributed by atoms with van der Waals surface area (Å²) in [4.78, 5) is 0. The van der Waals surface area contributed by atoms with Crippen LogP contribution in [0, 0.1) is 33.8 Å². The van der Waals surface area contributed by atoms with E-state index in [-0.39, 0.29) is 10.8 Å². The molecule has 0 unspecified atom stereocenters. The van der Waals surface area contributed by atoms with Gasteiger partial charge < -0.3 is 0 Å². The molecule has 0 saturated heterocycles. The van der Waals surface area contributed by atoms with Crippen molar-refractivity contribution in [1.82, 2.24) is 0 Å². The second-order valence-electron chi connectivity index (χ2n) is 20.3. The minimum absolute atomic E-state index is 0.121. The summed E-state index contributed by atoms with van der Waals surface area (Å²) in [7, 11) is 10.7. The normalized spacial score (nSPS) is 12.0. The van der Waals surface area contributed by atoms with Gasteiger partial charge >= 0.3 is 37.9 Å². The van der Waals surface area contributed by atoms with Gasteiger partial charge in [-0.15, -0.1) is 74.6 Å². The fourth-order valence-corrected chi connectivity index (χ4v) is 10.4. The van der Waals surface area contributed by atoms with E-state index in [1.807, 2.05) is 6.07 Å². The van der Waals surface area contributed by atoms with Gasteiger partial charge in [0.25, 0.3) is 0 Å². The van der Waals surface area contributed by atoms with Crippen LogP contribution in [0.3, 0.4) is 0 Å². The summed E-state index contributed by atoms with van der Waals surface area (Å²) in [5, 5.41) is 8.35. The molecule has 330 valence electrons. The van der Waals surface area contributed by atoms with Crippen LogP contribution in [-0.4, -0.2) is 9.52 Å². The second kappa shape index (κ2) is 20.8. The molecule has 2 radical (unpaired) electrons. The largest absolute Gasteiger partial charge is 0.184 e. The van der Waals surface area contributed by atoms with E-state index in [0.717, 1.165) is 9.52 Å². The molecule has 0 amide bonds. The average Bonchev–Trinajstić information content (AvgIpc) is 3.95. The van der Waals surface area contributed by atoms with Crippen molar-refractivity contribution in [3.05, 3.63) is 178 Å². The quantitative estimate of drug-likeness (QED) is 0.122.